The SMILES string of the molecule is [2H]c1cc([2H])c2c(c1[2H])c1c([2H])c([2H])c([2H])c([2H])c1n2-c1ccccc1-c1nc(-c2cccc(-c3c([2H])c([2H])c([2H])c4c3oc3c([2H])c([2H])c([2H])c([2H])c34)c2)nc(-n2c3ccccc3c3ccccc32)n1. The maximum Gasteiger partial charge on any atom is 0.238 e. The predicted octanol–water partition coefficient (Wildman–Crippen LogP) is 13.0. The van der Waals surface area contributed by atoms with Gasteiger partial charge in [0.2, 0.25) is 5.95 Å². The van der Waals surface area contributed by atoms with Gasteiger partial charge in [-0.05, 0) is 54.0 Å². The largest absolute Gasteiger partial charge is 0.455 e. The molecule has 266 valence electrons. The van der Waals surface area contributed by atoms with Crippen LogP contribution in [0.15, 0.2) is 192 Å². The van der Waals surface area contributed by atoms with E-state index in [-0.39, 0.29) is 91.1 Å². The quantitative estimate of drug-likeness (QED) is 0.176. The molecule has 0 atom stereocenters. The van der Waals surface area contributed by atoms with Crippen molar-refractivity contribution in [3.8, 4) is 45.5 Å². The van der Waals surface area contributed by atoms with Gasteiger partial charge in [-0.25, -0.2) is 4.98 Å². The van der Waals surface area contributed by atoms with Crippen LogP contribution in [-0.4, -0.2) is 24.1 Å². The zero-order valence-corrected chi connectivity index (χ0v) is 29.5. The zero-order chi connectivity index (χ0) is 49.6. The van der Waals surface area contributed by atoms with E-state index in [1.54, 1.807) is 48.5 Å². The van der Waals surface area contributed by atoms with Gasteiger partial charge in [-0.1, -0.05) is 139 Å². The Morgan fingerprint density at radius 1 is 0.421 bits per heavy atom. The summed E-state index contributed by atoms with van der Waals surface area (Å²) in [4.78, 5) is 15.3. The van der Waals surface area contributed by atoms with E-state index < -0.39 is 60.4 Å². The van der Waals surface area contributed by atoms with Crippen LogP contribution in [0.4, 0.5) is 0 Å². The summed E-state index contributed by atoms with van der Waals surface area (Å²) < 4.78 is 133. The maximum atomic E-state index is 9.20. The third-order valence-electron chi connectivity index (χ3n) is 10.2. The first kappa shape index (κ1) is 20.7. The third-order valence-corrected chi connectivity index (χ3v) is 10.2. The number of benzene rings is 8. The minimum absolute atomic E-state index is 0.0122. The molecule has 6 nitrogen and oxygen atoms in total. The van der Waals surface area contributed by atoms with Gasteiger partial charge in [0.05, 0.1) is 46.9 Å². The van der Waals surface area contributed by atoms with Gasteiger partial charge in [-0.15, -0.1) is 0 Å². The Kier molecular flexibility index (Phi) is 4.49. The van der Waals surface area contributed by atoms with E-state index in [9.17, 15) is 1.37 Å². The Labute approximate surface area is 346 Å². The molecule has 0 bridgehead atoms. The van der Waals surface area contributed by atoms with E-state index in [4.69, 9.17) is 37.2 Å². The van der Waals surface area contributed by atoms with Crippen molar-refractivity contribution in [2.24, 2.45) is 0 Å². The Balaban J connectivity index is 1.16. The van der Waals surface area contributed by atoms with Crippen LogP contribution in [0.2, 0.25) is 0 Å². The standard InChI is InChI=1S/C51H31N5O/c1-7-25-42-35(17-1)36-18-2-8-26-43(36)55(42)46-29-11-5-22-41(46)50-52-49(53-51(54-50)56-44-27-9-3-19-37(44)38-20-4-10-28-45(38)56)33-16-13-15-32(31-33)34-23-14-24-40-39-21-6-12-30-47(39)57-48(34)40/h1-31H/i1D,2D,6D,7D,12D,14D,17D,18D,21D,23D,24D,25D,26D,30D. The first-order chi connectivity index (χ1) is 34.1. The lowest BCUT2D eigenvalue weighted by molar-refractivity contribution is 0.670. The van der Waals surface area contributed by atoms with Crippen LogP contribution in [0.25, 0.3) is 111 Å². The average molecular weight is 744 g/mol. The highest BCUT2D eigenvalue weighted by Gasteiger charge is 2.21. The molecule has 6 heteroatoms. The minimum Gasteiger partial charge on any atom is -0.455 e. The number of hydrogen-bond acceptors (Lipinski definition) is 4. The summed E-state index contributed by atoms with van der Waals surface area (Å²) in [5.41, 5.74) is 2.71. The first-order valence-corrected chi connectivity index (χ1v) is 18.0. The lowest BCUT2D eigenvalue weighted by atomic mass is 10.0. The number of hydrogen-bond donors (Lipinski definition) is 0. The van der Waals surface area contributed by atoms with Gasteiger partial charge in [0.1, 0.15) is 11.2 Å². The molecule has 0 aliphatic rings. The third kappa shape index (κ3) is 4.81. The van der Waals surface area contributed by atoms with Crippen LogP contribution >= 0.6 is 0 Å². The summed E-state index contributed by atoms with van der Waals surface area (Å²) in [6.07, 6.45) is 0. The number of furan rings is 1. The van der Waals surface area contributed by atoms with Crippen molar-refractivity contribution in [1.29, 1.82) is 0 Å². The lowest BCUT2D eigenvalue weighted by Crippen LogP contribution is -2.07. The Morgan fingerprint density at radius 3 is 1.95 bits per heavy atom. The fourth-order valence-corrected chi connectivity index (χ4v) is 7.76. The van der Waals surface area contributed by atoms with Gasteiger partial charge >= 0.3 is 0 Å². The van der Waals surface area contributed by atoms with E-state index in [1.807, 2.05) is 53.1 Å². The van der Waals surface area contributed by atoms with Gasteiger partial charge in [0.25, 0.3) is 0 Å². The molecule has 8 aromatic carbocycles. The van der Waals surface area contributed by atoms with Crippen LogP contribution in [0.1, 0.15) is 19.2 Å². The van der Waals surface area contributed by atoms with Crippen LogP contribution in [0.5, 0.6) is 0 Å². The molecule has 4 heterocycles. The molecule has 0 aliphatic carbocycles. The molecule has 57 heavy (non-hydrogen) atoms. The molecule has 0 radical (unpaired) electrons. The van der Waals surface area contributed by atoms with E-state index in [1.165, 1.54) is 10.6 Å². The number of fused-ring (bicyclic) bond motifs is 9. The van der Waals surface area contributed by atoms with Crippen molar-refractivity contribution in [3.05, 3.63) is 188 Å². The minimum atomic E-state index is -0.536. The predicted molar refractivity (Wildman–Crippen MR) is 232 cm³/mol. The second kappa shape index (κ2) is 12.3. The summed E-state index contributed by atoms with van der Waals surface area (Å²) >= 11 is 0. The smallest absolute Gasteiger partial charge is 0.238 e. The van der Waals surface area contributed by atoms with Crippen LogP contribution in [0.3, 0.4) is 0 Å². The molecule has 12 aromatic rings. The molecule has 0 saturated carbocycles. The molecular formula is C51H31N5O. The van der Waals surface area contributed by atoms with Gasteiger partial charge in [0, 0.05) is 49.0 Å². The Hall–Kier alpha value is -7.83. The van der Waals surface area contributed by atoms with E-state index in [0.29, 0.717) is 22.4 Å². The van der Waals surface area contributed by atoms with Crippen molar-refractivity contribution in [2.45, 2.75) is 0 Å². The first-order valence-electron chi connectivity index (χ1n) is 25.0. The molecule has 12 rings (SSSR count). The Morgan fingerprint density at radius 2 is 1.09 bits per heavy atom. The second-order valence-corrected chi connectivity index (χ2v) is 13.4. The normalized spacial score (nSPS) is 15.3. The number of para-hydroxylation sites is 7. The number of nitrogens with zero attached hydrogens (tertiary/aromatic N) is 5. The molecule has 0 fully saturated rings. The van der Waals surface area contributed by atoms with Gasteiger partial charge in [-0.3, -0.25) is 4.57 Å². The fourth-order valence-electron chi connectivity index (χ4n) is 7.76. The molecule has 0 N–H and O–H groups in total. The molecule has 0 aliphatic heterocycles. The monoisotopic (exact) mass is 743 g/mol. The highest BCUT2D eigenvalue weighted by molar-refractivity contribution is 6.11. The highest BCUT2D eigenvalue weighted by Crippen LogP contribution is 2.39. The maximum absolute atomic E-state index is 9.20. The number of aromatic nitrogens is 5. The summed E-state index contributed by atoms with van der Waals surface area (Å²) in [6.45, 7) is 0. The van der Waals surface area contributed by atoms with Gasteiger partial charge < -0.3 is 8.98 Å². The molecule has 0 saturated heterocycles. The average Bonchev–Trinajstić information content (AvgIpc) is 4.07. The molecule has 4 aromatic heterocycles. The number of rotatable bonds is 5. The summed E-state index contributed by atoms with van der Waals surface area (Å²) in [7, 11) is 0. The van der Waals surface area contributed by atoms with Gasteiger partial charge in [-0.2, -0.15) is 9.97 Å². The molecule has 0 unspecified atom stereocenters. The topological polar surface area (TPSA) is 61.7 Å². The second-order valence-electron chi connectivity index (χ2n) is 13.4. The highest BCUT2D eigenvalue weighted by atomic mass is 16.3. The van der Waals surface area contributed by atoms with Crippen molar-refractivity contribution >= 4 is 65.6 Å². The zero-order valence-electron chi connectivity index (χ0n) is 43.5. The van der Waals surface area contributed by atoms with Crippen molar-refractivity contribution in [3.63, 3.8) is 0 Å². The van der Waals surface area contributed by atoms with Crippen molar-refractivity contribution in [1.82, 2.24) is 24.1 Å². The van der Waals surface area contributed by atoms with Crippen molar-refractivity contribution in [2.75, 3.05) is 0 Å². The van der Waals surface area contributed by atoms with Crippen LogP contribution in [0, 0.1) is 0 Å². The molecular weight excluding hydrogens is 699 g/mol. The van der Waals surface area contributed by atoms with Gasteiger partial charge in [0.15, 0.2) is 11.6 Å². The van der Waals surface area contributed by atoms with E-state index >= 15 is 0 Å². The Bertz CT molecular complexity index is 4320. The fraction of sp³-hybridized carbons (Fsp3) is 0. The summed E-state index contributed by atoms with van der Waals surface area (Å²) in [5.74, 6) is 0.391. The van der Waals surface area contributed by atoms with E-state index in [0.717, 1.165) is 21.8 Å². The van der Waals surface area contributed by atoms with Crippen LogP contribution in [-0.2, 0) is 0 Å². The van der Waals surface area contributed by atoms with Crippen molar-refractivity contribution < 1.29 is 23.6 Å². The summed E-state index contributed by atoms with van der Waals surface area (Å²) in [5, 5.41) is 1.71. The van der Waals surface area contributed by atoms with Crippen LogP contribution < -0.4 is 0 Å². The summed E-state index contributed by atoms with van der Waals surface area (Å²) in [6, 6.07) is 24.4. The van der Waals surface area contributed by atoms with E-state index in [2.05, 4.69) is 0 Å². The lowest BCUT2D eigenvalue weighted by Gasteiger charge is -2.15. The molecule has 0 spiro atoms. The molecule has 0 amide bonds.